The van der Waals surface area contributed by atoms with Crippen LogP contribution in [0.1, 0.15) is 23.3 Å². The van der Waals surface area contributed by atoms with E-state index in [1.807, 2.05) is 29.7 Å². The van der Waals surface area contributed by atoms with E-state index in [1.54, 1.807) is 30.2 Å². The molecule has 0 amide bonds. The average molecular weight is 348 g/mol. The highest BCUT2D eigenvalue weighted by Gasteiger charge is 2.14. The summed E-state index contributed by atoms with van der Waals surface area (Å²) in [7, 11) is 0. The molecule has 3 nitrogen and oxygen atoms in total. The van der Waals surface area contributed by atoms with E-state index < -0.39 is 0 Å². The maximum atomic E-state index is 13.0. The van der Waals surface area contributed by atoms with Crippen molar-refractivity contribution in [1.82, 2.24) is 14.8 Å². The predicted molar refractivity (Wildman–Crippen MR) is 91.8 cm³/mol. The minimum atomic E-state index is -0.233. The third-order valence-electron chi connectivity index (χ3n) is 3.57. The molecule has 0 saturated heterocycles. The third-order valence-corrected chi connectivity index (χ3v) is 5.09. The summed E-state index contributed by atoms with van der Waals surface area (Å²) in [6.45, 7) is 4.02. The molecule has 2 aromatic carbocycles. The molecular weight excluding hydrogens is 333 g/mol. The minimum Gasteiger partial charge on any atom is -0.277 e. The number of aromatic nitrogens is 3. The van der Waals surface area contributed by atoms with Gasteiger partial charge in [0.15, 0.2) is 5.16 Å². The first kappa shape index (κ1) is 16.0. The van der Waals surface area contributed by atoms with Crippen LogP contribution >= 0.6 is 23.4 Å². The van der Waals surface area contributed by atoms with Crippen molar-refractivity contribution in [1.29, 1.82) is 0 Å². The molecule has 0 radical (unpaired) electrons. The molecule has 1 aromatic heterocycles. The van der Waals surface area contributed by atoms with Gasteiger partial charge >= 0.3 is 0 Å². The van der Waals surface area contributed by atoms with Crippen LogP contribution in [0, 0.1) is 12.7 Å². The smallest absolute Gasteiger partial charge is 0.196 e. The molecule has 1 unspecified atom stereocenters. The summed E-state index contributed by atoms with van der Waals surface area (Å²) >= 11 is 7.77. The zero-order valence-corrected chi connectivity index (χ0v) is 14.3. The van der Waals surface area contributed by atoms with Crippen molar-refractivity contribution in [3.8, 4) is 5.69 Å². The van der Waals surface area contributed by atoms with Crippen LogP contribution in [0.3, 0.4) is 0 Å². The Morgan fingerprint density at radius 1 is 1.17 bits per heavy atom. The molecule has 0 aliphatic rings. The molecule has 1 heterocycles. The molecule has 0 spiro atoms. The van der Waals surface area contributed by atoms with Crippen molar-refractivity contribution in [3.05, 3.63) is 70.8 Å². The van der Waals surface area contributed by atoms with Gasteiger partial charge in [0.25, 0.3) is 0 Å². The van der Waals surface area contributed by atoms with Gasteiger partial charge in [-0.25, -0.2) is 4.39 Å². The molecule has 0 bridgehead atoms. The fourth-order valence-corrected chi connectivity index (χ4v) is 3.32. The number of halogens is 2. The first-order valence-corrected chi connectivity index (χ1v) is 8.39. The second-order valence-electron chi connectivity index (χ2n) is 5.23. The monoisotopic (exact) mass is 347 g/mol. The standard InChI is InChI=1S/C17H15ClFN3S/c1-11-3-8-15(9-16(11)18)22-10-20-21-17(22)23-12(2)13-4-6-14(19)7-5-13/h3-10,12H,1-2H3. The van der Waals surface area contributed by atoms with E-state index in [0.29, 0.717) is 5.02 Å². The van der Waals surface area contributed by atoms with Crippen LogP contribution in [0.5, 0.6) is 0 Å². The number of benzene rings is 2. The molecule has 0 aliphatic carbocycles. The summed E-state index contributed by atoms with van der Waals surface area (Å²) in [6, 6.07) is 12.4. The fourth-order valence-electron chi connectivity index (χ4n) is 2.17. The Balaban J connectivity index is 1.86. The Bertz CT molecular complexity index is 817. The lowest BCUT2D eigenvalue weighted by Gasteiger charge is -2.12. The van der Waals surface area contributed by atoms with Gasteiger partial charge in [-0.05, 0) is 49.2 Å². The Labute approximate surface area is 143 Å². The second-order valence-corrected chi connectivity index (χ2v) is 6.94. The van der Waals surface area contributed by atoms with Crippen molar-refractivity contribution >= 4 is 23.4 Å². The van der Waals surface area contributed by atoms with E-state index >= 15 is 0 Å². The highest BCUT2D eigenvalue weighted by Crippen LogP contribution is 2.34. The fraction of sp³-hybridized carbons (Fsp3) is 0.176. The number of nitrogens with zero attached hydrogens (tertiary/aromatic N) is 3. The molecule has 118 valence electrons. The molecule has 0 saturated carbocycles. The Kier molecular flexibility index (Phi) is 4.68. The first-order chi connectivity index (χ1) is 11.0. The van der Waals surface area contributed by atoms with Gasteiger partial charge in [-0.1, -0.05) is 41.6 Å². The van der Waals surface area contributed by atoms with E-state index in [2.05, 4.69) is 17.1 Å². The van der Waals surface area contributed by atoms with Gasteiger partial charge in [0.1, 0.15) is 12.1 Å². The molecule has 6 heteroatoms. The van der Waals surface area contributed by atoms with Gasteiger partial charge in [-0.2, -0.15) is 0 Å². The normalized spacial score (nSPS) is 12.3. The average Bonchev–Trinajstić information content (AvgIpc) is 2.99. The molecule has 3 rings (SSSR count). The quantitative estimate of drug-likeness (QED) is 0.606. The second kappa shape index (κ2) is 6.72. The molecule has 0 aliphatic heterocycles. The SMILES string of the molecule is Cc1ccc(-n2cnnc2SC(C)c2ccc(F)cc2)cc1Cl. The lowest BCUT2D eigenvalue weighted by atomic mass is 10.2. The number of hydrogen-bond acceptors (Lipinski definition) is 3. The van der Waals surface area contributed by atoms with Crippen LogP contribution in [0.2, 0.25) is 5.02 Å². The number of rotatable bonds is 4. The summed E-state index contributed by atoms with van der Waals surface area (Å²) in [4.78, 5) is 0. The zero-order valence-electron chi connectivity index (χ0n) is 12.7. The van der Waals surface area contributed by atoms with Crippen LogP contribution in [0.15, 0.2) is 53.9 Å². The van der Waals surface area contributed by atoms with Crippen molar-refractivity contribution < 1.29 is 4.39 Å². The molecule has 1 atom stereocenters. The van der Waals surface area contributed by atoms with Crippen LogP contribution in [-0.4, -0.2) is 14.8 Å². The predicted octanol–water partition coefficient (Wildman–Crippen LogP) is 5.22. The van der Waals surface area contributed by atoms with Crippen molar-refractivity contribution in [2.24, 2.45) is 0 Å². The highest BCUT2D eigenvalue weighted by molar-refractivity contribution is 7.99. The van der Waals surface area contributed by atoms with E-state index in [9.17, 15) is 4.39 Å². The minimum absolute atomic E-state index is 0.125. The topological polar surface area (TPSA) is 30.7 Å². The Morgan fingerprint density at radius 3 is 2.61 bits per heavy atom. The van der Waals surface area contributed by atoms with Crippen LogP contribution < -0.4 is 0 Å². The summed E-state index contributed by atoms with van der Waals surface area (Å²) < 4.78 is 14.9. The lowest BCUT2D eigenvalue weighted by molar-refractivity contribution is 0.627. The molecule has 23 heavy (non-hydrogen) atoms. The molecule has 3 aromatic rings. The van der Waals surface area contributed by atoms with Gasteiger partial charge in [-0.3, -0.25) is 4.57 Å². The van der Waals surface area contributed by atoms with Crippen LogP contribution in [0.25, 0.3) is 5.69 Å². The van der Waals surface area contributed by atoms with Gasteiger partial charge in [0.05, 0.1) is 5.69 Å². The third kappa shape index (κ3) is 3.57. The van der Waals surface area contributed by atoms with Gasteiger partial charge in [0, 0.05) is 10.3 Å². The number of aryl methyl sites for hydroxylation is 1. The van der Waals surface area contributed by atoms with Gasteiger partial charge in [-0.15, -0.1) is 10.2 Å². The number of thioether (sulfide) groups is 1. The molecule has 0 N–H and O–H groups in total. The Hall–Kier alpha value is -1.85. The van der Waals surface area contributed by atoms with E-state index in [1.165, 1.54) is 12.1 Å². The van der Waals surface area contributed by atoms with Gasteiger partial charge < -0.3 is 0 Å². The van der Waals surface area contributed by atoms with Crippen molar-refractivity contribution in [2.45, 2.75) is 24.3 Å². The molecule has 0 fully saturated rings. The summed E-state index contributed by atoms with van der Waals surface area (Å²) in [6.07, 6.45) is 1.67. The van der Waals surface area contributed by atoms with Crippen LogP contribution in [0.4, 0.5) is 4.39 Å². The number of hydrogen-bond donors (Lipinski definition) is 0. The summed E-state index contributed by atoms with van der Waals surface area (Å²) in [5.74, 6) is -0.233. The summed E-state index contributed by atoms with van der Waals surface area (Å²) in [5, 5.41) is 9.78. The van der Waals surface area contributed by atoms with Gasteiger partial charge in [0.2, 0.25) is 0 Å². The Morgan fingerprint density at radius 2 is 1.91 bits per heavy atom. The van der Waals surface area contributed by atoms with E-state index in [4.69, 9.17) is 11.6 Å². The highest BCUT2D eigenvalue weighted by atomic mass is 35.5. The van der Waals surface area contributed by atoms with Crippen LogP contribution in [-0.2, 0) is 0 Å². The maximum absolute atomic E-state index is 13.0. The van der Waals surface area contributed by atoms with E-state index in [-0.39, 0.29) is 11.1 Å². The summed E-state index contributed by atoms with van der Waals surface area (Å²) in [5.41, 5.74) is 2.98. The molecular formula is C17H15ClFN3S. The zero-order chi connectivity index (χ0) is 16.4. The largest absolute Gasteiger partial charge is 0.277 e. The maximum Gasteiger partial charge on any atom is 0.196 e. The van der Waals surface area contributed by atoms with Crippen molar-refractivity contribution in [3.63, 3.8) is 0 Å². The first-order valence-electron chi connectivity index (χ1n) is 7.13. The van der Waals surface area contributed by atoms with E-state index in [0.717, 1.165) is 22.0 Å². The van der Waals surface area contributed by atoms with Crippen molar-refractivity contribution in [2.75, 3.05) is 0 Å². The lowest BCUT2D eigenvalue weighted by Crippen LogP contribution is -1.98.